The summed E-state index contributed by atoms with van der Waals surface area (Å²) in [5.74, 6) is 1.52. The van der Waals surface area contributed by atoms with E-state index in [1.165, 1.54) is 25.9 Å². The Morgan fingerprint density at radius 2 is 2.05 bits per heavy atom. The van der Waals surface area contributed by atoms with E-state index in [9.17, 15) is 0 Å². The van der Waals surface area contributed by atoms with Gasteiger partial charge in [-0.25, -0.2) is 0 Å². The number of benzene rings is 1. The SMILES string of the molecule is CCNC1CCN(CC2Cc3ccccc32)C(C)C1C. The first kappa shape index (κ1) is 14.1. The minimum Gasteiger partial charge on any atom is -0.314 e. The molecule has 1 saturated heterocycles. The number of piperidine rings is 1. The first-order valence-corrected chi connectivity index (χ1v) is 8.26. The fourth-order valence-corrected chi connectivity index (χ4v) is 4.06. The number of nitrogens with one attached hydrogen (secondary N) is 1. The Kier molecular flexibility index (Phi) is 4.13. The van der Waals surface area contributed by atoms with Crippen LogP contribution in [0.5, 0.6) is 0 Å². The molecule has 4 atom stereocenters. The van der Waals surface area contributed by atoms with Crippen molar-refractivity contribution in [1.29, 1.82) is 0 Å². The van der Waals surface area contributed by atoms with Crippen molar-refractivity contribution in [2.45, 2.75) is 51.6 Å². The average Bonchev–Trinajstić information content (AvgIpc) is 2.43. The summed E-state index contributed by atoms with van der Waals surface area (Å²) in [6.45, 7) is 10.6. The van der Waals surface area contributed by atoms with Gasteiger partial charge in [-0.05, 0) is 49.9 Å². The maximum Gasteiger partial charge on any atom is 0.0120 e. The molecule has 0 radical (unpaired) electrons. The van der Waals surface area contributed by atoms with Gasteiger partial charge in [-0.1, -0.05) is 38.1 Å². The molecule has 0 spiro atoms. The molecule has 0 saturated carbocycles. The van der Waals surface area contributed by atoms with E-state index < -0.39 is 0 Å². The van der Waals surface area contributed by atoms with Gasteiger partial charge in [-0.3, -0.25) is 4.90 Å². The molecule has 1 aliphatic carbocycles. The quantitative estimate of drug-likeness (QED) is 0.906. The van der Waals surface area contributed by atoms with E-state index in [1.54, 1.807) is 11.1 Å². The van der Waals surface area contributed by atoms with E-state index in [0.717, 1.165) is 18.4 Å². The molecule has 2 aliphatic rings. The van der Waals surface area contributed by atoms with Crippen LogP contribution in [0.15, 0.2) is 24.3 Å². The number of hydrogen-bond acceptors (Lipinski definition) is 2. The lowest BCUT2D eigenvalue weighted by molar-refractivity contribution is 0.0774. The molecule has 0 aromatic heterocycles. The zero-order chi connectivity index (χ0) is 14.1. The average molecular weight is 272 g/mol. The van der Waals surface area contributed by atoms with E-state index in [4.69, 9.17) is 0 Å². The summed E-state index contributed by atoms with van der Waals surface area (Å²) in [6, 6.07) is 10.4. The van der Waals surface area contributed by atoms with Crippen molar-refractivity contribution in [1.82, 2.24) is 10.2 Å². The van der Waals surface area contributed by atoms with E-state index in [2.05, 4.69) is 55.3 Å². The van der Waals surface area contributed by atoms with E-state index in [0.29, 0.717) is 12.1 Å². The van der Waals surface area contributed by atoms with Gasteiger partial charge in [0.1, 0.15) is 0 Å². The lowest BCUT2D eigenvalue weighted by Crippen LogP contribution is -2.54. The van der Waals surface area contributed by atoms with Crippen molar-refractivity contribution in [2.75, 3.05) is 19.6 Å². The summed E-state index contributed by atoms with van der Waals surface area (Å²) in [4.78, 5) is 2.72. The Morgan fingerprint density at radius 3 is 2.80 bits per heavy atom. The second-order valence-corrected chi connectivity index (χ2v) is 6.65. The van der Waals surface area contributed by atoms with Crippen molar-refractivity contribution in [3.63, 3.8) is 0 Å². The largest absolute Gasteiger partial charge is 0.314 e. The van der Waals surface area contributed by atoms with E-state index in [1.807, 2.05) is 0 Å². The molecular weight excluding hydrogens is 244 g/mol. The highest BCUT2D eigenvalue weighted by Crippen LogP contribution is 2.37. The van der Waals surface area contributed by atoms with Crippen molar-refractivity contribution in [3.05, 3.63) is 35.4 Å². The van der Waals surface area contributed by atoms with Gasteiger partial charge in [-0.15, -0.1) is 0 Å². The third-order valence-corrected chi connectivity index (χ3v) is 5.58. The number of nitrogens with zero attached hydrogens (tertiary/aromatic N) is 1. The number of hydrogen-bond donors (Lipinski definition) is 1. The normalized spacial score (nSPS) is 33.5. The minimum atomic E-state index is 0.695. The molecule has 20 heavy (non-hydrogen) atoms. The highest BCUT2D eigenvalue weighted by molar-refractivity contribution is 5.40. The molecule has 1 aromatic rings. The standard InChI is InChI=1S/C18H28N2/c1-4-19-18-9-10-20(14(3)13(18)2)12-16-11-15-7-5-6-8-17(15)16/h5-8,13-14,16,18-19H,4,9-12H2,1-3H3. The molecule has 1 heterocycles. The van der Waals surface area contributed by atoms with Crippen molar-refractivity contribution in [2.24, 2.45) is 5.92 Å². The van der Waals surface area contributed by atoms with Crippen LogP contribution >= 0.6 is 0 Å². The van der Waals surface area contributed by atoms with Gasteiger partial charge in [0.25, 0.3) is 0 Å². The molecular formula is C18H28N2. The van der Waals surface area contributed by atoms with Crippen LogP contribution in [0, 0.1) is 5.92 Å². The third-order valence-electron chi connectivity index (χ3n) is 5.58. The van der Waals surface area contributed by atoms with Gasteiger partial charge < -0.3 is 5.32 Å². The summed E-state index contributed by atoms with van der Waals surface area (Å²) >= 11 is 0. The van der Waals surface area contributed by atoms with E-state index in [-0.39, 0.29) is 0 Å². The first-order valence-electron chi connectivity index (χ1n) is 8.26. The molecule has 1 aliphatic heterocycles. The zero-order valence-electron chi connectivity index (χ0n) is 13.1. The molecule has 110 valence electrons. The summed E-state index contributed by atoms with van der Waals surface area (Å²) < 4.78 is 0. The highest BCUT2D eigenvalue weighted by atomic mass is 15.2. The highest BCUT2D eigenvalue weighted by Gasteiger charge is 2.35. The topological polar surface area (TPSA) is 15.3 Å². The second-order valence-electron chi connectivity index (χ2n) is 6.65. The molecule has 2 heteroatoms. The summed E-state index contributed by atoms with van der Waals surface area (Å²) in [5, 5.41) is 3.66. The predicted molar refractivity (Wildman–Crippen MR) is 85.2 cm³/mol. The Morgan fingerprint density at radius 1 is 1.25 bits per heavy atom. The van der Waals surface area contributed by atoms with Crippen molar-refractivity contribution >= 4 is 0 Å². The van der Waals surface area contributed by atoms with Crippen LogP contribution in [0.2, 0.25) is 0 Å². The fraction of sp³-hybridized carbons (Fsp3) is 0.667. The minimum absolute atomic E-state index is 0.695. The monoisotopic (exact) mass is 272 g/mol. The van der Waals surface area contributed by atoms with Crippen LogP contribution in [-0.2, 0) is 6.42 Å². The molecule has 0 bridgehead atoms. The maximum atomic E-state index is 3.66. The molecule has 1 N–H and O–H groups in total. The maximum absolute atomic E-state index is 3.66. The van der Waals surface area contributed by atoms with Crippen LogP contribution < -0.4 is 5.32 Å². The van der Waals surface area contributed by atoms with Gasteiger partial charge in [-0.2, -0.15) is 0 Å². The molecule has 0 amide bonds. The third kappa shape index (κ3) is 2.51. The van der Waals surface area contributed by atoms with Crippen LogP contribution in [0.4, 0.5) is 0 Å². The summed E-state index contributed by atoms with van der Waals surface area (Å²) in [6.07, 6.45) is 2.58. The number of likely N-dealkylation sites (tertiary alicyclic amines) is 1. The van der Waals surface area contributed by atoms with Crippen LogP contribution in [0.3, 0.4) is 0 Å². The lowest BCUT2D eigenvalue weighted by Gasteiger charge is -2.45. The van der Waals surface area contributed by atoms with Gasteiger partial charge in [0, 0.05) is 24.5 Å². The molecule has 2 nitrogen and oxygen atoms in total. The van der Waals surface area contributed by atoms with Gasteiger partial charge in [0.15, 0.2) is 0 Å². The fourth-order valence-electron chi connectivity index (χ4n) is 4.06. The van der Waals surface area contributed by atoms with Crippen LogP contribution in [-0.4, -0.2) is 36.6 Å². The second kappa shape index (κ2) is 5.87. The van der Waals surface area contributed by atoms with Crippen LogP contribution in [0.1, 0.15) is 44.2 Å². The lowest BCUT2D eigenvalue weighted by atomic mass is 9.76. The Bertz CT molecular complexity index is 456. The smallest absolute Gasteiger partial charge is 0.0120 e. The van der Waals surface area contributed by atoms with Crippen LogP contribution in [0.25, 0.3) is 0 Å². The predicted octanol–water partition coefficient (Wildman–Crippen LogP) is 3.03. The Balaban J connectivity index is 1.60. The van der Waals surface area contributed by atoms with Gasteiger partial charge >= 0.3 is 0 Å². The van der Waals surface area contributed by atoms with Gasteiger partial charge in [0.2, 0.25) is 0 Å². The summed E-state index contributed by atoms with van der Waals surface area (Å²) in [7, 11) is 0. The number of fused-ring (bicyclic) bond motifs is 1. The Labute approximate surface area is 123 Å². The van der Waals surface area contributed by atoms with Crippen molar-refractivity contribution < 1.29 is 0 Å². The molecule has 3 rings (SSSR count). The molecule has 1 aromatic carbocycles. The van der Waals surface area contributed by atoms with Gasteiger partial charge in [0.05, 0.1) is 0 Å². The molecule has 4 unspecified atom stereocenters. The molecule has 1 fully saturated rings. The van der Waals surface area contributed by atoms with Crippen molar-refractivity contribution in [3.8, 4) is 0 Å². The first-order chi connectivity index (χ1) is 9.70. The Hall–Kier alpha value is -0.860. The number of rotatable bonds is 4. The summed E-state index contributed by atoms with van der Waals surface area (Å²) in [5.41, 5.74) is 3.17. The van der Waals surface area contributed by atoms with E-state index >= 15 is 0 Å². The zero-order valence-corrected chi connectivity index (χ0v) is 13.1.